The third-order valence-corrected chi connectivity index (χ3v) is 4.96. The van der Waals surface area contributed by atoms with Crippen LogP contribution in [0.1, 0.15) is 38.3 Å². The molecule has 158 valence electrons. The summed E-state index contributed by atoms with van der Waals surface area (Å²) in [6.45, 7) is 8.71. The van der Waals surface area contributed by atoms with Crippen LogP contribution in [0.25, 0.3) is 0 Å². The lowest BCUT2D eigenvalue weighted by molar-refractivity contribution is 0.311. The van der Waals surface area contributed by atoms with E-state index in [1.807, 2.05) is 30.3 Å². The molecule has 30 heavy (non-hydrogen) atoms. The lowest BCUT2D eigenvalue weighted by Crippen LogP contribution is -2.16. The van der Waals surface area contributed by atoms with Gasteiger partial charge in [0, 0.05) is 12.2 Å². The van der Waals surface area contributed by atoms with E-state index in [1.165, 1.54) is 11.1 Å². The van der Waals surface area contributed by atoms with Crippen molar-refractivity contribution in [3.05, 3.63) is 90.0 Å². The summed E-state index contributed by atoms with van der Waals surface area (Å²) in [6.07, 6.45) is 2.05. The molecular weight excluding hydrogens is 370 g/mol. The summed E-state index contributed by atoms with van der Waals surface area (Å²) in [4.78, 5) is 0. The molecule has 3 nitrogen and oxygen atoms in total. The molecule has 0 spiro atoms. The van der Waals surface area contributed by atoms with Crippen molar-refractivity contribution in [2.75, 3.05) is 25.1 Å². The molecule has 0 aliphatic heterocycles. The maximum atomic E-state index is 6.02. The molecule has 1 N–H and O–H groups in total. The predicted octanol–water partition coefficient (Wildman–Crippen LogP) is 6.49. The van der Waals surface area contributed by atoms with E-state index in [-0.39, 0.29) is 5.41 Å². The van der Waals surface area contributed by atoms with Crippen LogP contribution in [0.5, 0.6) is 11.5 Å². The van der Waals surface area contributed by atoms with Gasteiger partial charge in [-0.2, -0.15) is 0 Å². The fourth-order valence-corrected chi connectivity index (χ4v) is 3.35. The molecule has 0 aromatic heterocycles. The Balaban J connectivity index is 1.37. The Morgan fingerprint density at radius 3 is 2.17 bits per heavy atom. The van der Waals surface area contributed by atoms with Crippen LogP contribution >= 0.6 is 0 Å². The molecule has 0 saturated carbocycles. The largest absolute Gasteiger partial charge is 0.494 e. The summed E-state index contributed by atoms with van der Waals surface area (Å²) >= 11 is 0. The molecule has 3 aromatic carbocycles. The van der Waals surface area contributed by atoms with Gasteiger partial charge in [-0.1, -0.05) is 69.3 Å². The fourth-order valence-electron chi connectivity index (χ4n) is 3.35. The fraction of sp³-hybridized carbons (Fsp3) is 0.333. The van der Waals surface area contributed by atoms with Crippen molar-refractivity contribution in [1.29, 1.82) is 0 Å². The van der Waals surface area contributed by atoms with Crippen LogP contribution in [0.4, 0.5) is 5.69 Å². The Kier molecular flexibility index (Phi) is 7.78. The highest BCUT2D eigenvalue weighted by Crippen LogP contribution is 2.30. The van der Waals surface area contributed by atoms with Crippen molar-refractivity contribution < 1.29 is 9.47 Å². The number of hydrogen-bond acceptors (Lipinski definition) is 3. The monoisotopic (exact) mass is 403 g/mol. The van der Waals surface area contributed by atoms with E-state index in [9.17, 15) is 0 Å². The molecule has 0 aliphatic rings. The summed E-state index contributed by atoms with van der Waals surface area (Å²) < 4.78 is 11.9. The summed E-state index contributed by atoms with van der Waals surface area (Å²) in [6, 6.07) is 26.9. The van der Waals surface area contributed by atoms with Crippen LogP contribution in [-0.4, -0.2) is 19.8 Å². The van der Waals surface area contributed by atoms with E-state index in [1.54, 1.807) is 0 Å². The second kappa shape index (κ2) is 10.7. The number of para-hydroxylation sites is 1. The van der Waals surface area contributed by atoms with Gasteiger partial charge >= 0.3 is 0 Å². The van der Waals surface area contributed by atoms with Crippen LogP contribution in [-0.2, 0) is 11.8 Å². The first-order chi connectivity index (χ1) is 14.5. The molecule has 0 radical (unpaired) electrons. The van der Waals surface area contributed by atoms with Crippen LogP contribution in [0.3, 0.4) is 0 Å². The lowest BCUT2D eigenvalue weighted by Gasteiger charge is -2.22. The molecule has 0 fully saturated rings. The van der Waals surface area contributed by atoms with Gasteiger partial charge in [-0.15, -0.1) is 0 Å². The minimum absolute atomic E-state index is 0.0704. The molecule has 3 aromatic rings. The molecule has 0 unspecified atom stereocenters. The number of rotatable bonds is 10. The third-order valence-electron chi connectivity index (χ3n) is 4.96. The van der Waals surface area contributed by atoms with E-state index in [0.29, 0.717) is 6.61 Å². The van der Waals surface area contributed by atoms with Gasteiger partial charge in [-0.3, -0.25) is 0 Å². The number of nitrogens with one attached hydrogen (secondary N) is 1. The highest BCUT2D eigenvalue weighted by molar-refractivity contribution is 5.46. The molecule has 0 bridgehead atoms. The second-order valence-corrected chi connectivity index (χ2v) is 8.48. The lowest BCUT2D eigenvalue weighted by atomic mass is 9.86. The highest BCUT2D eigenvalue weighted by atomic mass is 16.5. The zero-order chi connectivity index (χ0) is 21.2. The standard InChI is InChI=1S/C27H33NO2/c1-27(2,3)25-13-7-8-14-26(25)30-21-19-28-23-15-17-24(18-16-23)29-20-9-12-22-10-5-4-6-11-22/h4-8,10-11,13-18,28H,9,12,19-21H2,1-3H3. The normalized spacial score (nSPS) is 11.2. The average Bonchev–Trinajstić information content (AvgIpc) is 2.75. The Labute approximate surface area is 181 Å². The quantitative estimate of drug-likeness (QED) is 0.393. The van der Waals surface area contributed by atoms with Gasteiger partial charge in [0.15, 0.2) is 0 Å². The minimum Gasteiger partial charge on any atom is -0.494 e. The first-order valence-electron chi connectivity index (χ1n) is 10.8. The van der Waals surface area contributed by atoms with E-state index in [4.69, 9.17) is 9.47 Å². The van der Waals surface area contributed by atoms with Crippen molar-refractivity contribution in [2.24, 2.45) is 0 Å². The average molecular weight is 404 g/mol. The van der Waals surface area contributed by atoms with Crippen LogP contribution < -0.4 is 14.8 Å². The maximum absolute atomic E-state index is 6.02. The Morgan fingerprint density at radius 2 is 1.43 bits per heavy atom. The van der Waals surface area contributed by atoms with Gasteiger partial charge in [0.2, 0.25) is 0 Å². The predicted molar refractivity (Wildman–Crippen MR) is 126 cm³/mol. The van der Waals surface area contributed by atoms with Crippen molar-refractivity contribution in [1.82, 2.24) is 0 Å². The summed E-state index contributed by atoms with van der Waals surface area (Å²) in [5, 5.41) is 3.41. The molecule has 0 atom stereocenters. The molecule has 3 heteroatoms. The van der Waals surface area contributed by atoms with E-state index in [0.717, 1.165) is 43.2 Å². The highest BCUT2D eigenvalue weighted by Gasteiger charge is 2.18. The number of anilines is 1. The Bertz CT molecular complexity index is 883. The zero-order valence-corrected chi connectivity index (χ0v) is 18.4. The minimum atomic E-state index is 0.0704. The zero-order valence-electron chi connectivity index (χ0n) is 18.4. The molecule has 0 amide bonds. The van der Waals surface area contributed by atoms with Gasteiger partial charge in [0.05, 0.1) is 6.61 Å². The van der Waals surface area contributed by atoms with Crippen LogP contribution in [0.2, 0.25) is 0 Å². The van der Waals surface area contributed by atoms with Crippen molar-refractivity contribution in [3.8, 4) is 11.5 Å². The topological polar surface area (TPSA) is 30.5 Å². The van der Waals surface area contributed by atoms with Gasteiger partial charge < -0.3 is 14.8 Å². The number of ether oxygens (including phenoxy) is 2. The molecule has 0 aliphatic carbocycles. The molecule has 0 saturated heterocycles. The van der Waals surface area contributed by atoms with Crippen molar-refractivity contribution in [3.63, 3.8) is 0 Å². The Hall–Kier alpha value is -2.94. The summed E-state index contributed by atoms with van der Waals surface area (Å²) in [5.41, 5.74) is 3.73. The van der Waals surface area contributed by atoms with Crippen molar-refractivity contribution in [2.45, 2.75) is 39.0 Å². The third kappa shape index (κ3) is 6.84. The molecular formula is C27H33NO2. The van der Waals surface area contributed by atoms with Gasteiger partial charge in [-0.25, -0.2) is 0 Å². The smallest absolute Gasteiger partial charge is 0.123 e. The van der Waals surface area contributed by atoms with Gasteiger partial charge in [-0.05, 0) is 59.7 Å². The summed E-state index contributed by atoms with van der Waals surface area (Å²) in [5.74, 6) is 1.87. The van der Waals surface area contributed by atoms with E-state index >= 15 is 0 Å². The van der Waals surface area contributed by atoms with Crippen molar-refractivity contribution >= 4 is 5.69 Å². The molecule has 3 rings (SSSR count). The van der Waals surface area contributed by atoms with Crippen LogP contribution in [0.15, 0.2) is 78.9 Å². The first kappa shape index (κ1) is 21.8. The first-order valence-corrected chi connectivity index (χ1v) is 10.8. The molecule has 0 heterocycles. The van der Waals surface area contributed by atoms with E-state index in [2.05, 4.69) is 74.6 Å². The number of hydrogen-bond donors (Lipinski definition) is 1. The number of benzene rings is 3. The van der Waals surface area contributed by atoms with Gasteiger partial charge in [0.1, 0.15) is 18.1 Å². The second-order valence-electron chi connectivity index (χ2n) is 8.48. The van der Waals surface area contributed by atoms with E-state index < -0.39 is 0 Å². The van der Waals surface area contributed by atoms with Crippen LogP contribution in [0, 0.1) is 0 Å². The number of aryl methyl sites for hydroxylation is 1. The Morgan fingerprint density at radius 1 is 0.733 bits per heavy atom. The summed E-state index contributed by atoms with van der Waals surface area (Å²) in [7, 11) is 0. The van der Waals surface area contributed by atoms with Gasteiger partial charge in [0.25, 0.3) is 0 Å². The SMILES string of the molecule is CC(C)(C)c1ccccc1OCCNc1ccc(OCCCc2ccccc2)cc1. The maximum Gasteiger partial charge on any atom is 0.123 e.